The molecule has 1 aromatic heterocycles. The van der Waals surface area contributed by atoms with Gasteiger partial charge >= 0.3 is 12.0 Å². The Morgan fingerprint density at radius 1 is 1.23 bits per heavy atom. The van der Waals surface area contributed by atoms with Crippen molar-refractivity contribution in [2.75, 3.05) is 39.3 Å². The summed E-state index contributed by atoms with van der Waals surface area (Å²) in [4.78, 5) is 54.2. The average Bonchev–Trinajstić information content (AvgIpc) is 3.57. The molecule has 6 aliphatic rings. The molecule has 8 rings (SSSR count). The zero-order chi connectivity index (χ0) is 30.1. The highest BCUT2D eigenvalue weighted by atomic mass is 32.1. The van der Waals surface area contributed by atoms with Gasteiger partial charge in [-0.25, -0.2) is 19.0 Å². The first-order valence-corrected chi connectivity index (χ1v) is 15.5. The third-order valence-electron chi connectivity index (χ3n) is 9.78. The molecule has 3 amide bonds. The molecule has 4 heterocycles. The number of fused-ring (bicyclic) bond motifs is 1. The van der Waals surface area contributed by atoms with Gasteiger partial charge in [-0.1, -0.05) is 12.1 Å². The number of aromatic nitrogens is 1. The van der Waals surface area contributed by atoms with Crippen LogP contribution in [0.2, 0.25) is 0 Å². The smallest absolute Gasteiger partial charge is 0.338 e. The lowest BCUT2D eigenvalue weighted by Gasteiger charge is -2.71. The van der Waals surface area contributed by atoms with Crippen molar-refractivity contribution in [2.45, 2.75) is 50.7 Å². The Hall–Kier alpha value is -3.84. The summed E-state index contributed by atoms with van der Waals surface area (Å²) in [5.74, 6) is -0.625. The molecule has 226 valence electrons. The van der Waals surface area contributed by atoms with Gasteiger partial charge in [-0.2, -0.15) is 0 Å². The summed E-state index contributed by atoms with van der Waals surface area (Å²) < 4.78 is 20.2. The number of nitrogens with zero attached hydrogens (tertiary/aromatic N) is 5. The van der Waals surface area contributed by atoms with Gasteiger partial charge in [0.15, 0.2) is 10.8 Å². The van der Waals surface area contributed by atoms with Gasteiger partial charge in [-0.05, 0) is 50.3 Å². The van der Waals surface area contributed by atoms with E-state index in [1.165, 1.54) is 17.4 Å². The maximum absolute atomic E-state index is 14.7. The second kappa shape index (κ2) is 10.1. The van der Waals surface area contributed by atoms with Crippen LogP contribution in [0.15, 0.2) is 46.0 Å². The lowest BCUT2D eigenvalue weighted by molar-refractivity contribution is -0.202. The number of primary amides is 1. The van der Waals surface area contributed by atoms with Gasteiger partial charge in [0.1, 0.15) is 11.9 Å². The first kappa shape index (κ1) is 28.0. The highest BCUT2D eigenvalue weighted by Crippen LogP contribution is 2.70. The number of nitrogens with one attached hydrogen (secondary N) is 1. The number of esters is 1. The Kier molecular flexibility index (Phi) is 6.58. The molecule has 2 aromatic rings. The number of halogens is 1. The maximum Gasteiger partial charge on any atom is 0.338 e. The minimum Gasteiger partial charge on any atom is -0.463 e. The van der Waals surface area contributed by atoms with Gasteiger partial charge < -0.3 is 25.6 Å². The summed E-state index contributed by atoms with van der Waals surface area (Å²) in [7, 11) is 0. The summed E-state index contributed by atoms with van der Waals surface area (Å²) in [5.41, 5.74) is 6.92. The number of piperazine rings is 1. The van der Waals surface area contributed by atoms with Crippen LogP contribution in [0.3, 0.4) is 0 Å². The third-order valence-corrected chi connectivity index (χ3v) is 10.6. The van der Waals surface area contributed by atoms with E-state index in [0.29, 0.717) is 85.2 Å². The number of urea groups is 1. The number of ether oxygens (including phenoxy) is 1. The van der Waals surface area contributed by atoms with Crippen molar-refractivity contribution >= 4 is 35.1 Å². The maximum atomic E-state index is 14.7. The number of benzene rings is 1. The van der Waals surface area contributed by atoms with Crippen LogP contribution in [-0.2, 0) is 14.3 Å². The van der Waals surface area contributed by atoms with Gasteiger partial charge in [0.25, 0.3) is 0 Å². The summed E-state index contributed by atoms with van der Waals surface area (Å²) in [6, 6.07) is 4.05. The zero-order valence-corrected chi connectivity index (χ0v) is 25.0. The van der Waals surface area contributed by atoms with Crippen LogP contribution in [0, 0.1) is 18.2 Å². The number of rotatable bonds is 8. The SMILES string of the molecule is CCOC(=O)C1=C(CN2CCN3C(=O)N(C45CC(C(N)=O)(C4)C5)C[C@@H]3C2)NC(c2nccs2)=N[C@H]1c1cccc(F)c1C. The van der Waals surface area contributed by atoms with E-state index < -0.39 is 17.4 Å². The number of amidine groups is 1. The number of hydrogen-bond acceptors (Lipinski definition) is 9. The number of hydrogen-bond donors (Lipinski definition) is 2. The molecule has 3 aliphatic carbocycles. The van der Waals surface area contributed by atoms with Crippen molar-refractivity contribution < 1.29 is 23.5 Å². The fourth-order valence-corrected chi connectivity index (χ4v) is 8.17. The molecule has 5 fully saturated rings. The Bertz CT molecular complexity index is 1550. The van der Waals surface area contributed by atoms with Gasteiger partial charge in [-0.15, -0.1) is 11.3 Å². The Morgan fingerprint density at radius 3 is 2.72 bits per heavy atom. The van der Waals surface area contributed by atoms with Crippen molar-refractivity contribution in [3.63, 3.8) is 0 Å². The van der Waals surface area contributed by atoms with Crippen LogP contribution >= 0.6 is 11.3 Å². The van der Waals surface area contributed by atoms with Crippen LogP contribution in [0.5, 0.6) is 0 Å². The molecule has 0 radical (unpaired) electrons. The first-order chi connectivity index (χ1) is 20.6. The standard InChI is InChI=1S/C30H34FN7O4S/c1-3-42-26(39)22-21(34-24(25-33-7-10-43-25)35-23(22)19-5-4-6-20(31)17(19)2)13-36-8-9-37-18(11-36)12-38(28(37)41)30-14-29(15-30,16-30)27(32)40/h4-7,10,18,23H,3,8-9,11-16H2,1-2H3,(H2,32,40)(H,34,35)/t18-,23-,29?,30?/m0/s1. The highest BCUT2D eigenvalue weighted by Gasteiger charge is 2.75. The lowest BCUT2D eigenvalue weighted by atomic mass is 9.38. The van der Waals surface area contributed by atoms with Crippen molar-refractivity contribution in [3.8, 4) is 0 Å². The minimum atomic E-state index is -0.781. The number of aliphatic imine (C=N–C) groups is 1. The number of carbonyl (C=O) groups is 3. The highest BCUT2D eigenvalue weighted by molar-refractivity contribution is 7.11. The van der Waals surface area contributed by atoms with E-state index in [9.17, 15) is 18.8 Å². The summed E-state index contributed by atoms with van der Waals surface area (Å²) >= 11 is 1.42. The second-order valence-electron chi connectivity index (χ2n) is 12.3. The molecule has 0 spiro atoms. The Morgan fingerprint density at radius 2 is 2.02 bits per heavy atom. The summed E-state index contributed by atoms with van der Waals surface area (Å²) in [6.45, 7) is 6.39. The molecule has 13 heteroatoms. The average molecular weight is 608 g/mol. The van der Waals surface area contributed by atoms with Gasteiger partial charge in [-0.3, -0.25) is 14.7 Å². The molecular formula is C30H34FN7O4S. The molecule has 1 aromatic carbocycles. The number of amides is 3. The largest absolute Gasteiger partial charge is 0.463 e. The van der Waals surface area contributed by atoms with E-state index >= 15 is 0 Å². The molecule has 3 saturated carbocycles. The monoisotopic (exact) mass is 607 g/mol. The normalized spacial score (nSPS) is 29.8. The number of nitrogens with two attached hydrogens (primary N) is 1. The van der Waals surface area contributed by atoms with Crippen LogP contribution in [0.1, 0.15) is 48.4 Å². The molecule has 2 atom stereocenters. The van der Waals surface area contributed by atoms with E-state index in [0.717, 1.165) is 0 Å². The molecule has 2 saturated heterocycles. The number of carbonyl (C=O) groups excluding carboxylic acids is 3. The lowest BCUT2D eigenvalue weighted by Crippen LogP contribution is -2.78. The topological polar surface area (TPSA) is 133 Å². The first-order valence-electron chi connectivity index (χ1n) is 14.6. The van der Waals surface area contributed by atoms with Gasteiger partial charge in [0, 0.05) is 55.5 Å². The molecule has 43 heavy (non-hydrogen) atoms. The number of thiazole rings is 1. The molecule has 3 N–H and O–H groups in total. The molecule has 2 bridgehead atoms. The van der Waals surface area contributed by atoms with Gasteiger partial charge in [0.2, 0.25) is 5.91 Å². The van der Waals surface area contributed by atoms with E-state index in [1.807, 2.05) is 15.2 Å². The zero-order valence-electron chi connectivity index (χ0n) is 24.1. The third kappa shape index (κ3) is 4.35. The van der Waals surface area contributed by atoms with Crippen LogP contribution < -0.4 is 11.1 Å². The fraction of sp³-hybridized carbons (Fsp3) is 0.500. The predicted molar refractivity (Wildman–Crippen MR) is 157 cm³/mol. The molecule has 0 unspecified atom stereocenters. The van der Waals surface area contributed by atoms with Crippen LogP contribution in [-0.4, -0.2) is 94.3 Å². The van der Waals surface area contributed by atoms with Crippen LogP contribution in [0.25, 0.3) is 0 Å². The van der Waals surface area contributed by atoms with Crippen molar-refractivity contribution in [1.29, 1.82) is 0 Å². The summed E-state index contributed by atoms with van der Waals surface area (Å²) in [5, 5.41) is 5.89. The van der Waals surface area contributed by atoms with Gasteiger partial charge in [0.05, 0.1) is 23.6 Å². The Labute approximate surface area is 252 Å². The van der Waals surface area contributed by atoms with E-state index in [-0.39, 0.29) is 35.9 Å². The van der Waals surface area contributed by atoms with Crippen molar-refractivity contribution in [1.82, 2.24) is 25.0 Å². The van der Waals surface area contributed by atoms with E-state index in [4.69, 9.17) is 15.5 Å². The van der Waals surface area contributed by atoms with Crippen molar-refractivity contribution in [2.24, 2.45) is 16.1 Å². The van der Waals surface area contributed by atoms with Crippen molar-refractivity contribution in [3.05, 3.63) is 63.0 Å². The Balaban J connectivity index is 1.17. The predicted octanol–water partition coefficient (Wildman–Crippen LogP) is 2.33. The van der Waals surface area contributed by atoms with Crippen LogP contribution in [0.4, 0.5) is 9.18 Å². The molecule has 3 aliphatic heterocycles. The van der Waals surface area contributed by atoms with E-state index in [2.05, 4.69) is 15.2 Å². The fourth-order valence-electron chi connectivity index (χ4n) is 7.58. The minimum absolute atomic E-state index is 0.0107. The molecular weight excluding hydrogens is 573 g/mol. The summed E-state index contributed by atoms with van der Waals surface area (Å²) in [6.07, 6.45) is 3.66. The molecule has 11 nitrogen and oxygen atoms in total. The quantitative estimate of drug-likeness (QED) is 0.440. The second-order valence-corrected chi connectivity index (χ2v) is 13.2. The van der Waals surface area contributed by atoms with E-state index in [1.54, 1.807) is 32.2 Å².